The van der Waals surface area contributed by atoms with Gasteiger partial charge in [-0.2, -0.15) is 0 Å². The second kappa shape index (κ2) is 13.4. The molecule has 0 radical (unpaired) electrons. The van der Waals surface area contributed by atoms with Crippen molar-refractivity contribution in [3.05, 3.63) is 35.4 Å². The first-order valence-electron chi connectivity index (χ1n) is 10.5. The van der Waals surface area contributed by atoms with Crippen LogP contribution in [-0.2, 0) is 20.9 Å². The number of carbonyl (C=O) groups is 4. The zero-order valence-corrected chi connectivity index (χ0v) is 18.4. The number of benzene rings is 1. The third kappa shape index (κ3) is 9.17. The van der Waals surface area contributed by atoms with Gasteiger partial charge in [0.2, 0.25) is 11.8 Å². The van der Waals surface area contributed by atoms with E-state index in [1.807, 2.05) is 13.8 Å². The molecule has 172 valence electrons. The Balaban J connectivity index is 2.81. The minimum absolute atomic E-state index is 0.0445. The number of nitrogens with one attached hydrogen (secondary N) is 2. The maximum atomic E-state index is 12.8. The van der Waals surface area contributed by atoms with Crippen molar-refractivity contribution in [2.75, 3.05) is 13.1 Å². The van der Waals surface area contributed by atoms with Crippen molar-refractivity contribution < 1.29 is 29.5 Å². The van der Waals surface area contributed by atoms with Gasteiger partial charge in [-0.25, -0.2) is 10.3 Å². The van der Waals surface area contributed by atoms with Crippen LogP contribution in [0.2, 0.25) is 0 Å². The van der Waals surface area contributed by atoms with E-state index in [1.165, 1.54) is 17.6 Å². The Morgan fingerprint density at radius 3 is 2.19 bits per heavy atom. The lowest BCUT2D eigenvalue weighted by Gasteiger charge is -2.24. The van der Waals surface area contributed by atoms with E-state index in [0.717, 1.165) is 24.8 Å². The number of rotatable bonds is 13. The van der Waals surface area contributed by atoms with E-state index in [0.29, 0.717) is 6.54 Å². The average molecular weight is 436 g/mol. The molecule has 0 bridgehead atoms. The summed E-state index contributed by atoms with van der Waals surface area (Å²) in [6, 6.07) is 6.29. The predicted octanol–water partition coefficient (Wildman–Crippen LogP) is 2.19. The number of hydrogen-bond acceptors (Lipinski definition) is 5. The number of carbonyl (C=O) groups excluding carboxylic acids is 3. The lowest BCUT2D eigenvalue weighted by atomic mass is 9.95. The van der Waals surface area contributed by atoms with Gasteiger partial charge in [-0.1, -0.05) is 45.7 Å². The third-order valence-electron chi connectivity index (χ3n) is 4.82. The Labute approximate surface area is 182 Å². The number of carboxylic acids is 1. The van der Waals surface area contributed by atoms with Gasteiger partial charge >= 0.3 is 5.97 Å². The molecular formula is C22H33N3O6. The Morgan fingerprint density at radius 2 is 1.68 bits per heavy atom. The molecule has 31 heavy (non-hydrogen) atoms. The average Bonchev–Trinajstić information content (AvgIpc) is 2.74. The zero-order chi connectivity index (χ0) is 23.4. The minimum atomic E-state index is -1.09. The first-order valence-corrected chi connectivity index (χ1v) is 10.5. The van der Waals surface area contributed by atoms with Crippen molar-refractivity contribution in [3.63, 3.8) is 0 Å². The molecule has 4 N–H and O–H groups in total. The van der Waals surface area contributed by atoms with Crippen molar-refractivity contribution in [3.8, 4) is 0 Å². The molecule has 1 unspecified atom stereocenters. The molecule has 0 aromatic heterocycles. The number of nitrogens with zero attached hydrogens (tertiary/aromatic N) is 1. The summed E-state index contributed by atoms with van der Waals surface area (Å²) in [6.07, 6.45) is 2.97. The van der Waals surface area contributed by atoms with Gasteiger partial charge in [0, 0.05) is 13.1 Å². The normalized spacial score (nSPS) is 11.6. The third-order valence-corrected chi connectivity index (χ3v) is 4.82. The van der Waals surface area contributed by atoms with Crippen LogP contribution in [0.25, 0.3) is 0 Å². The van der Waals surface area contributed by atoms with Crippen LogP contribution < -0.4 is 10.8 Å². The van der Waals surface area contributed by atoms with Crippen LogP contribution in [-0.4, -0.2) is 52.0 Å². The SMILES string of the molecule is CCCCCN(Cc1ccc(C(=O)O)cc1)C(=O)CNC(=O)C(CC(C)C)C(=O)NO. The summed E-state index contributed by atoms with van der Waals surface area (Å²) in [5, 5.41) is 20.4. The van der Waals surface area contributed by atoms with Crippen molar-refractivity contribution in [2.24, 2.45) is 11.8 Å². The fourth-order valence-corrected chi connectivity index (χ4v) is 3.10. The van der Waals surface area contributed by atoms with Crippen molar-refractivity contribution >= 4 is 23.7 Å². The molecule has 3 amide bonds. The molecule has 0 fully saturated rings. The number of unbranched alkanes of at least 4 members (excludes halogenated alkanes) is 2. The van der Waals surface area contributed by atoms with E-state index in [2.05, 4.69) is 12.2 Å². The molecule has 1 aromatic carbocycles. The first-order chi connectivity index (χ1) is 14.7. The molecule has 0 saturated carbocycles. The van der Waals surface area contributed by atoms with E-state index in [1.54, 1.807) is 17.0 Å². The highest BCUT2D eigenvalue weighted by atomic mass is 16.5. The minimum Gasteiger partial charge on any atom is -0.478 e. The standard InChI is InChI=1S/C22H33N3O6/c1-4-5-6-11-25(14-16-7-9-17(10-8-16)22(29)30)19(26)13-23-20(27)18(12-15(2)3)21(28)24-31/h7-10,15,18,31H,4-6,11-14H2,1-3H3,(H,23,27)(H,24,28)(H,29,30). The van der Waals surface area contributed by atoms with Crippen LogP contribution in [0.1, 0.15) is 62.4 Å². The van der Waals surface area contributed by atoms with Crippen molar-refractivity contribution in [1.29, 1.82) is 0 Å². The van der Waals surface area contributed by atoms with Crippen LogP contribution in [0, 0.1) is 11.8 Å². The predicted molar refractivity (Wildman–Crippen MR) is 114 cm³/mol. The molecule has 9 nitrogen and oxygen atoms in total. The lowest BCUT2D eigenvalue weighted by molar-refractivity contribution is -0.143. The fraction of sp³-hybridized carbons (Fsp3) is 0.545. The maximum absolute atomic E-state index is 12.8. The second-order valence-electron chi connectivity index (χ2n) is 7.90. The zero-order valence-electron chi connectivity index (χ0n) is 18.4. The topological polar surface area (TPSA) is 136 Å². The van der Waals surface area contributed by atoms with Crippen LogP contribution in [0.15, 0.2) is 24.3 Å². The second-order valence-corrected chi connectivity index (χ2v) is 7.90. The monoisotopic (exact) mass is 435 g/mol. The fourth-order valence-electron chi connectivity index (χ4n) is 3.10. The van der Waals surface area contributed by atoms with E-state index in [9.17, 15) is 19.2 Å². The Kier molecular flexibility index (Phi) is 11.3. The number of amides is 3. The largest absolute Gasteiger partial charge is 0.478 e. The highest BCUT2D eigenvalue weighted by molar-refractivity contribution is 6.00. The van der Waals surface area contributed by atoms with Gasteiger partial charge in [-0.3, -0.25) is 19.6 Å². The van der Waals surface area contributed by atoms with Gasteiger partial charge in [-0.05, 0) is 36.5 Å². The molecule has 0 spiro atoms. The molecule has 9 heteroatoms. The Bertz CT molecular complexity index is 748. The molecule has 1 atom stereocenters. The van der Waals surface area contributed by atoms with Gasteiger partial charge < -0.3 is 15.3 Å². The summed E-state index contributed by atoms with van der Waals surface area (Å²) in [7, 11) is 0. The maximum Gasteiger partial charge on any atom is 0.335 e. The quantitative estimate of drug-likeness (QED) is 0.162. The van der Waals surface area contributed by atoms with Crippen molar-refractivity contribution in [2.45, 2.75) is 53.0 Å². The molecule has 0 aliphatic heterocycles. The molecule has 0 heterocycles. The number of aromatic carboxylic acids is 1. The molecule has 0 aliphatic carbocycles. The van der Waals surface area contributed by atoms with Crippen LogP contribution in [0.3, 0.4) is 0 Å². The summed E-state index contributed by atoms with van der Waals surface area (Å²) in [5.74, 6) is -3.80. The van der Waals surface area contributed by atoms with Crippen molar-refractivity contribution in [1.82, 2.24) is 15.7 Å². The first kappa shape index (κ1) is 26.1. The number of carboxylic acid groups (broad SMARTS) is 1. The number of hydrogen-bond donors (Lipinski definition) is 4. The summed E-state index contributed by atoms with van der Waals surface area (Å²) >= 11 is 0. The molecule has 1 aromatic rings. The Hall–Kier alpha value is -2.94. The molecule has 1 rings (SSSR count). The molecule has 0 aliphatic rings. The number of hydroxylamine groups is 1. The van der Waals surface area contributed by atoms with Gasteiger partial charge in [0.1, 0.15) is 5.92 Å². The highest BCUT2D eigenvalue weighted by Gasteiger charge is 2.28. The van der Waals surface area contributed by atoms with Gasteiger partial charge in [0.25, 0.3) is 5.91 Å². The Morgan fingerprint density at radius 1 is 1.03 bits per heavy atom. The van der Waals surface area contributed by atoms with Crippen LogP contribution in [0.5, 0.6) is 0 Å². The van der Waals surface area contributed by atoms with Crippen LogP contribution >= 0.6 is 0 Å². The van der Waals surface area contributed by atoms with E-state index < -0.39 is 23.7 Å². The smallest absolute Gasteiger partial charge is 0.335 e. The highest BCUT2D eigenvalue weighted by Crippen LogP contribution is 2.13. The van der Waals surface area contributed by atoms with E-state index >= 15 is 0 Å². The molecular weight excluding hydrogens is 402 g/mol. The summed E-state index contributed by atoms with van der Waals surface area (Å²) in [4.78, 5) is 49.6. The van der Waals surface area contributed by atoms with E-state index in [4.69, 9.17) is 10.3 Å². The lowest BCUT2D eigenvalue weighted by Crippen LogP contribution is -2.45. The van der Waals surface area contributed by atoms with E-state index in [-0.39, 0.29) is 36.9 Å². The summed E-state index contributed by atoms with van der Waals surface area (Å²) in [6.45, 7) is 6.26. The van der Waals surface area contributed by atoms with Gasteiger partial charge in [-0.15, -0.1) is 0 Å². The van der Waals surface area contributed by atoms with Gasteiger partial charge in [0.05, 0.1) is 12.1 Å². The summed E-state index contributed by atoms with van der Waals surface area (Å²) in [5.41, 5.74) is 2.45. The van der Waals surface area contributed by atoms with Crippen LogP contribution in [0.4, 0.5) is 0 Å². The molecule has 0 saturated heterocycles. The van der Waals surface area contributed by atoms with Gasteiger partial charge in [0.15, 0.2) is 0 Å². The summed E-state index contributed by atoms with van der Waals surface area (Å²) < 4.78 is 0.